The number of hydrogen-bond acceptors (Lipinski definition) is 6. The number of carbonyl (C=O) groups excluding carboxylic acids is 1. The van der Waals surface area contributed by atoms with E-state index in [0.717, 1.165) is 23.3 Å². The first-order chi connectivity index (χ1) is 11.9. The minimum atomic E-state index is -0.754. The second-order valence-corrected chi connectivity index (χ2v) is 5.29. The third-order valence-corrected chi connectivity index (χ3v) is 3.34. The third-order valence-electron chi connectivity index (χ3n) is 3.34. The predicted octanol–water partition coefficient (Wildman–Crippen LogP) is 1.81. The van der Waals surface area contributed by atoms with Crippen LogP contribution in [0.15, 0.2) is 41.5 Å². The monoisotopic (exact) mass is 342 g/mol. The lowest BCUT2D eigenvalue weighted by Gasteiger charge is -2.10. The van der Waals surface area contributed by atoms with Crippen LogP contribution in [0.3, 0.4) is 0 Å². The molecule has 0 saturated carbocycles. The quantitative estimate of drug-likeness (QED) is 0.488. The van der Waals surface area contributed by atoms with Crippen molar-refractivity contribution >= 4 is 17.8 Å². The molecule has 0 bridgehead atoms. The Hall–Kier alpha value is -3.42. The third kappa shape index (κ3) is 4.77. The van der Waals surface area contributed by atoms with Gasteiger partial charge in [-0.2, -0.15) is 5.10 Å². The van der Waals surface area contributed by atoms with E-state index in [-0.39, 0.29) is 6.61 Å². The molecule has 0 heterocycles. The van der Waals surface area contributed by atoms with Gasteiger partial charge in [-0.15, -0.1) is 0 Å². The molecule has 2 rings (SSSR count). The molecule has 0 saturated heterocycles. The lowest BCUT2D eigenvalue weighted by molar-refractivity contribution is -0.398. The molecule has 1 N–H and O–H groups in total. The number of nitrogens with one attached hydrogen (secondary N) is 1. The summed E-state index contributed by atoms with van der Waals surface area (Å²) in [4.78, 5) is 21.6. The normalized spacial score (nSPS) is 10.6. The zero-order chi connectivity index (χ0) is 18.4. The van der Waals surface area contributed by atoms with Crippen LogP contribution in [0.4, 0.5) is 5.69 Å². The summed E-state index contributed by atoms with van der Waals surface area (Å²) in [6, 6.07) is 9.19. The van der Waals surface area contributed by atoms with E-state index in [1.165, 1.54) is 12.3 Å². The number of amides is 1. The molecule has 0 atom stereocenters. The van der Waals surface area contributed by atoms with Gasteiger partial charge in [0.25, 0.3) is 11.6 Å². The molecule has 0 spiro atoms. The molecule has 25 heavy (non-hydrogen) atoms. The highest BCUT2D eigenvalue weighted by Crippen LogP contribution is 2.23. The number of carbonyl (C=O) groups is 1. The Morgan fingerprint density at radius 3 is 2.56 bits per heavy atom. The number of benzene rings is 2. The summed E-state index contributed by atoms with van der Waals surface area (Å²) in [5.41, 5.74) is 3.94. The Morgan fingerprint density at radius 1 is 1.28 bits per heavy atom. The van der Waals surface area contributed by atoms with Gasteiger partial charge in [-0.1, -0.05) is 24.3 Å². The van der Waals surface area contributed by atoms with E-state index in [1.807, 2.05) is 32.0 Å². The van der Waals surface area contributed by atoms with Gasteiger partial charge in [-0.05, 0) is 42.4 Å². The zero-order valence-electron chi connectivity index (χ0n) is 13.7. The average molecular weight is 342 g/mol. The highest BCUT2D eigenvalue weighted by Gasteiger charge is 2.07. The van der Waals surface area contributed by atoms with Crippen LogP contribution in [0.5, 0.6) is 11.5 Å². The molecule has 130 valence electrons. The molecule has 0 aliphatic carbocycles. The van der Waals surface area contributed by atoms with Crippen molar-refractivity contribution in [1.29, 1.82) is 0 Å². The molecular weight excluding hydrogens is 326 g/mol. The maximum atomic E-state index is 11.7. The van der Waals surface area contributed by atoms with Gasteiger partial charge in [-0.25, -0.2) is 5.43 Å². The van der Waals surface area contributed by atoms with Crippen LogP contribution in [0.1, 0.15) is 16.7 Å². The fraction of sp³-hybridized carbons (Fsp3) is 0.176. The van der Waals surface area contributed by atoms with Gasteiger partial charge in [-0.3, -0.25) is 14.9 Å². The van der Waals surface area contributed by atoms with Crippen LogP contribution in [0.2, 0.25) is 0 Å². The van der Waals surface area contributed by atoms with Crippen LogP contribution >= 0.6 is 0 Å². The van der Waals surface area contributed by atoms with E-state index in [2.05, 4.69) is 10.5 Å². The second-order valence-electron chi connectivity index (χ2n) is 5.29. The van der Waals surface area contributed by atoms with Crippen LogP contribution in [0, 0.1) is 24.0 Å². The van der Waals surface area contributed by atoms with E-state index in [9.17, 15) is 20.0 Å². The summed E-state index contributed by atoms with van der Waals surface area (Å²) in [7, 11) is 0. The van der Waals surface area contributed by atoms with Gasteiger partial charge in [0.1, 0.15) is 5.75 Å². The first-order valence-corrected chi connectivity index (χ1v) is 7.35. The maximum Gasteiger partial charge on any atom is 0.277 e. The number of nitrogens with zero attached hydrogens (tertiary/aromatic N) is 2. The second kappa shape index (κ2) is 7.91. The molecule has 0 aromatic heterocycles. The number of ether oxygens (including phenoxy) is 1. The van der Waals surface area contributed by atoms with Crippen molar-refractivity contribution < 1.29 is 19.6 Å². The van der Waals surface area contributed by atoms with Crippen molar-refractivity contribution in [2.45, 2.75) is 13.8 Å². The van der Waals surface area contributed by atoms with Crippen LogP contribution < -0.4 is 15.3 Å². The molecular formula is C17H16N3O5-. The molecule has 8 heteroatoms. The Kier molecular flexibility index (Phi) is 5.67. The largest absolute Gasteiger partial charge is 0.868 e. The number of para-hydroxylation sites is 1. The van der Waals surface area contributed by atoms with Gasteiger partial charge in [0, 0.05) is 6.07 Å². The van der Waals surface area contributed by atoms with Crippen molar-refractivity contribution in [2.24, 2.45) is 5.10 Å². The Morgan fingerprint density at radius 2 is 1.96 bits per heavy atom. The fourth-order valence-electron chi connectivity index (χ4n) is 2.14. The molecule has 0 fully saturated rings. The maximum absolute atomic E-state index is 11.7. The van der Waals surface area contributed by atoms with Gasteiger partial charge in [0.2, 0.25) is 0 Å². The summed E-state index contributed by atoms with van der Waals surface area (Å²) in [6.07, 6.45) is 1.22. The van der Waals surface area contributed by atoms with Gasteiger partial charge >= 0.3 is 0 Å². The van der Waals surface area contributed by atoms with Crippen molar-refractivity contribution in [3.63, 3.8) is 0 Å². The number of rotatable bonds is 6. The number of hydrazone groups is 1. The van der Waals surface area contributed by atoms with Crippen molar-refractivity contribution in [3.05, 3.63) is 63.2 Å². The first-order valence-electron chi connectivity index (χ1n) is 7.35. The minimum Gasteiger partial charge on any atom is -0.868 e. The molecule has 8 nitrogen and oxygen atoms in total. The summed E-state index contributed by atoms with van der Waals surface area (Å²) < 4.78 is 5.48. The van der Waals surface area contributed by atoms with Gasteiger partial charge < -0.3 is 9.84 Å². The molecule has 0 aliphatic heterocycles. The van der Waals surface area contributed by atoms with Crippen LogP contribution in [0.25, 0.3) is 0 Å². The van der Waals surface area contributed by atoms with E-state index in [4.69, 9.17) is 4.74 Å². The SMILES string of the molecule is Cc1cccc(C)c1OCC(=O)N/N=C\c1ccc([N+](=O)[O-])c([O-])c1. The van der Waals surface area contributed by atoms with Crippen LogP contribution in [-0.4, -0.2) is 23.7 Å². The fourth-order valence-corrected chi connectivity index (χ4v) is 2.14. The van der Waals surface area contributed by atoms with E-state index >= 15 is 0 Å². The number of hydrogen-bond donors (Lipinski definition) is 1. The van der Waals surface area contributed by atoms with Crippen molar-refractivity contribution in [2.75, 3.05) is 6.61 Å². The minimum absolute atomic E-state index is 0.212. The standard InChI is InChI=1S/C17H17N3O5/c1-11-4-3-5-12(2)17(11)25-10-16(22)19-18-9-13-6-7-14(20(23)24)15(21)8-13/h3-9,21H,10H2,1-2H3,(H,19,22)/p-1/b18-9-. The number of nitro benzene ring substituents is 1. The van der Waals surface area contributed by atoms with Crippen molar-refractivity contribution in [1.82, 2.24) is 5.43 Å². The Balaban J connectivity index is 1.90. The Labute approximate surface area is 143 Å². The van der Waals surface area contributed by atoms with E-state index < -0.39 is 22.3 Å². The molecule has 0 aliphatic rings. The molecule has 0 radical (unpaired) electrons. The number of aryl methyl sites for hydroxylation is 2. The average Bonchev–Trinajstić information content (AvgIpc) is 2.54. The highest BCUT2D eigenvalue weighted by molar-refractivity contribution is 5.83. The van der Waals surface area contributed by atoms with Gasteiger partial charge in [0.15, 0.2) is 6.61 Å². The Bertz CT molecular complexity index is 813. The van der Waals surface area contributed by atoms with Crippen LogP contribution in [-0.2, 0) is 4.79 Å². The summed E-state index contributed by atoms with van der Waals surface area (Å²) >= 11 is 0. The van der Waals surface area contributed by atoms with E-state index in [0.29, 0.717) is 11.3 Å². The molecule has 2 aromatic rings. The molecule has 1 amide bonds. The first kappa shape index (κ1) is 17.9. The van der Waals surface area contributed by atoms with E-state index in [1.54, 1.807) is 0 Å². The predicted molar refractivity (Wildman–Crippen MR) is 89.7 cm³/mol. The summed E-state index contributed by atoms with van der Waals surface area (Å²) in [6.45, 7) is 3.55. The summed E-state index contributed by atoms with van der Waals surface area (Å²) in [5.74, 6) is -0.546. The smallest absolute Gasteiger partial charge is 0.277 e. The lowest BCUT2D eigenvalue weighted by atomic mass is 10.1. The molecule has 2 aromatic carbocycles. The summed E-state index contributed by atoms with van der Waals surface area (Å²) in [5, 5.41) is 25.8. The van der Waals surface area contributed by atoms with Crippen molar-refractivity contribution in [3.8, 4) is 11.5 Å². The lowest BCUT2D eigenvalue weighted by Crippen LogP contribution is -2.25. The molecule has 0 unspecified atom stereocenters. The topological polar surface area (TPSA) is 117 Å². The highest BCUT2D eigenvalue weighted by atomic mass is 16.6. The zero-order valence-corrected chi connectivity index (χ0v) is 13.7. The van der Waals surface area contributed by atoms with Gasteiger partial charge in [0.05, 0.1) is 11.1 Å². The number of nitro groups is 1.